The smallest absolute Gasteiger partial charge is 0.310 e. The van der Waals surface area contributed by atoms with E-state index in [1.165, 1.54) is 12.6 Å². The van der Waals surface area contributed by atoms with Crippen LogP contribution in [0.25, 0.3) is 0 Å². The van der Waals surface area contributed by atoms with E-state index < -0.39 is 0 Å². The first kappa shape index (κ1) is 9.73. The molecule has 5 heteroatoms. The van der Waals surface area contributed by atoms with Crippen LogP contribution in [0.1, 0.15) is 0 Å². The number of aromatic nitrogens is 1. The average Bonchev–Trinajstić information content (AvgIpc) is 2.66. The minimum atomic E-state index is 0.365. The van der Waals surface area contributed by atoms with Gasteiger partial charge in [-0.25, -0.2) is 4.98 Å². The lowest BCUT2D eigenvalue weighted by Crippen LogP contribution is -1.83. The number of halogens is 2. The third-order valence-corrected chi connectivity index (χ3v) is 3.55. The molecule has 0 unspecified atom stereocenters. The molecule has 0 atom stereocenters. The molecule has 72 valence electrons. The van der Waals surface area contributed by atoms with Gasteiger partial charge in [0.25, 0.3) is 0 Å². The van der Waals surface area contributed by atoms with Gasteiger partial charge in [-0.05, 0) is 44.0 Å². The van der Waals surface area contributed by atoms with E-state index >= 15 is 0 Å². The predicted molar refractivity (Wildman–Crippen MR) is 58.4 cm³/mol. The van der Waals surface area contributed by atoms with Crippen molar-refractivity contribution in [2.45, 2.75) is 0 Å². The van der Waals surface area contributed by atoms with Crippen LogP contribution < -0.4 is 4.74 Å². The number of benzene rings is 1. The van der Waals surface area contributed by atoms with Gasteiger partial charge in [-0.3, -0.25) is 0 Å². The van der Waals surface area contributed by atoms with Crippen LogP contribution in [0.3, 0.4) is 0 Å². The number of ether oxygens (including phenoxy) is 1. The first-order valence-corrected chi connectivity index (χ1v) is 5.36. The Labute approximate surface area is 97.4 Å². The van der Waals surface area contributed by atoms with Gasteiger partial charge in [0.15, 0.2) is 6.39 Å². The maximum atomic E-state index is 5.42. The molecule has 0 saturated carbocycles. The van der Waals surface area contributed by atoms with E-state index in [1.54, 1.807) is 0 Å². The fourth-order valence-electron chi connectivity index (χ4n) is 0.926. The van der Waals surface area contributed by atoms with E-state index in [0.717, 1.165) is 8.95 Å². The first-order chi connectivity index (χ1) is 6.77. The molecule has 3 nitrogen and oxygen atoms in total. The third-order valence-electron chi connectivity index (χ3n) is 1.54. The highest BCUT2D eigenvalue weighted by Gasteiger charge is 2.06. The van der Waals surface area contributed by atoms with Gasteiger partial charge >= 0.3 is 5.95 Å². The summed E-state index contributed by atoms with van der Waals surface area (Å²) in [5.41, 5.74) is 0. The van der Waals surface area contributed by atoms with Crippen molar-refractivity contribution in [1.82, 2.24) is 4.98 Å². The molecule has 0 aliphatic rings. The third kappa shape index (κ3) is 1.99. The molecule has 0 bridgehead atoms. The van der Waals surface area contributed by atoms with E-state index in [4.69, 9.17) is 9.15 Å². The Morgan fingerprint density at radius 3 is 2.86 bits per heavy atom. The van der Waals surface area contributed by atoms with Gasteiger partial charge in [-0.2, -0.15) is 0 Å². The fourth-order valence-corrected chi connectivity index (χ4v) is 1.62. The molecule has 0 saturated heterocycles. The largest absolute Gasteiger partial charge is 0.424 e. The summed E-state index contributed by atoms with van der Waals surface area (Å²) in [4.78, 5) is 3.75. The zero-order chi connectivity index (χ0) is 9.97. The quantitative estimate of drug-likeness (QED) is 0.839. The summed E-state index contributed by atoms with van der Waals surface area (Å²) in [6.07, 6.45) is 2.83. The molecule has 0 N–H and O–H groups in total. The number of rotatable bonds is 2. The first-order valence-electron chi connectivity index (χ1n) is 3.78. The highest BCUT2D eigenvalue weighted by Crippen LogP contribution is 2.34. The zero-order valence-electron chi connectivity index (χ0n) is 6.91. The van der Waals surface area contributed by atoms with Crippen molar-refractivity contribution in [2.75, 3.05) is 0 Å². The van der Waals surface area contributed by atoms with Crippen molar-refractivity contribution < 1.29 is 9.15 Å². The van der Waals surface area contributed by atoms with E-state index in [0.29, 0.717) is 11.7 Å². The molecular weight excluding hydrogens is 314 g/mol. The minimum Gasteiger partial charge on any atom is -0.424 e. The average molecular weight is 319 g/mol. The normalized spacial score (nSPS) is 10.1. The molecule has 14 heavy (non-hydrogen) atoms. The summed E-state index contributed by atoms with van der Waals surface area (Å²) >= 11 is 6.77. The second-order valence-electron chi connectivity index (χ2n) is 2.47. The van der Waals surface area contributed by atoms with E-state index in [1.807, 2.05) is 18.2 Å². The summed E-state index contributed by atoms with van der Waals surface area (Å²) < 4.78 is 12.2. The molecule has 0 spiro atoms. The molecule has 1 aromatic heterocycles. The van der Waals surface area contributed by atoms with Crippen LogP contribution >= 0.6 is 31.9 Å². The van der Waals surface area contributed by atoms with Crippen LogP contribution in [0.15, 0.2) is 44.2 Å². The summed E-state index contributed by atoms with van der Waals surface area (Å²) in [5, 5.41) is 0. The van der Waals surface area contributed by atoms with Crippen LogP contribution in [-0.4, -0.2) is 4.98 Å². The van der Waals surface area contributed by atoms with Gasteiger partial charge in [-0.15, -0.1) is 0 Å². The highest BCUT2D eigenvalue weighted by atomic mass is 79.9. The van der Waals surface area contributed by atoms with Crippen molar-refractivity contribution in [3.8, 4) is 11.7 Å². The predicted octanol–water partition coefficient (Wildman–Crippen LogP) is 3.99. The number of oxazole rings is 1. The standard InChI is InChI=1S/C9H5Br2NO2/c10-6-2-1-3-7(9(6)11)14-8-4-12-5-13-8/h1-5H. The van der Waals surface area contributed by atoms with Crippen molar-refractivity contribution >= 4 is 31.9 Å². The Morgan fingerprint density at radius 2 is 2.14 bits per heavy atom. The summed E-state index contributed by atoms with van der Waals surface area (Å²) in [7, 11) is 0. The topological polar surface area (TPSA) is 35.3 Å². The van der Waals surface area contributed by atoms with Gasteiger partial charge in [0.2, 0.25) is 0 Å². The van der Waals surface area contributed by atoms with Gasteiger partial charge in [0, 0.05) is 4.47 Å². The Hall–Kier alpha value is -0.810. The summed E-state index contributed by atoms with van der Waals surface area (Å²) in [6, 6.07) is 5.62. The lowest BCUT2D eigenvalue weighted by Gasteiger charge is -2.04. The molecule has 1 aromatic carbocycles. The number of nitrogens with zero attached hydrogens (tertiary/aromatic N) is 1. The Morgan fingerprint density at radius 1 is 1.29 bits per heavy atom. The second kappa shape index (κ2) is 4.14. The van der Waals surface area contributed by atoms with E-state index in [2.05, 4.69) is 36.8 Å². The molecule has 1 heterocycles. The lowest BCUT2D eigenvalue weighted by molar-refractivity contribution is 0.344. The molecule has 0 fully saturated rings. The van der Waals surface area contributed by atoms with Crippen LogP contribution in [-0.2, 0) is 0 Å². The molecule has 0 aliphatic heterocycles. The monoisotopic (exact) mass is 317 g/mol. The van der Waals surface area contributed by atoms with Crippen molar-refractivity contribution in [3.63, 3.8) is 0 Å². The highest BCUT2D eigenvalue weighted by molar-refractivity contribution is 9.13. The molecule has 0 aliphatic carbocycles. The molecule has 0 amide bonds. The molecule has 0 radical (unpaired) electrons. The van der Waals surface area contributed by atoms with Gasteiger partial charge < -0.3 is 9.15 Å². The Balaban J connectivity index is 2.29. The van der Waals surface area contributed by atoms with Crippen molar-refractivity contribution in [2.24, 2.45) is 0 Å². The number of hydrogen-bond acceptors (Lipinski definition) is 3. The summed E-state index contributed by atoms with van der Waals surface area (Å²) in [5.74, 6) is 1.04. The van der Waals surface area contributed by atoms with Crippen LogP contribution in [0.5, 0.6) is 11.7 Å². The molecule has 2 aromatic rings. The van der Waals surface area contributed by atoms with Crippen LogP contribution in [0.2, 0.25) is 0 Å². The Bertz CT molecular complexity index is 428. The van der Waals surface area contributed by atoms with Gasteiger partial charge in [0.1, 0.15) is 11.9 Å². The fraction of sp³-hybridized carbons (Fsp3) is 0. The van der Waals surface area contributed by atoms with Crippen LogP contribution in [0, 0.1) is 0 Å². The molecular formula is C9H5Br2NO2. The number of hydrogen-bond donors (Lipinski definition) is 0. The Kier molecular flexibility index (Phi) is 2.88. The van der Waals surface area contributed by atoms with Gasteiger partial charge in [0.05, 0.1) is 4.47 Å². The van der Waals surface area contributed by atoms with Crippen molar-refractivity contribution in [1.29, 1.82) is 0 Å². The lowest BCUT2D eigenvalue weighted by atomic mass is 10.3. The van der Waals surface area contributed by atoms with Crippen LogP contribution in [0.4, 0.5) is 0 Å². The van der Waals surface area contributed by atoms with E-state index in [9.17, 15) is 0 Å². The minimum absolute atomic E-state index is 0.365. The molecule has 2 rings (SSSR count). The maximum absolute atomic E-state index is 5.42. The van der Waals surface area contributed by atoms with Gasteiger partial charge in [-0.1, -0.05) is 6.07 Å². The second-order valence-corrected chi connectivity index (χ2v) is 4.12. The zero-order valence-corrected chi connectivity index (χ0v) is 10.1. The maximum Gasteiger partial charge on any atom is 0.310 e. The summed E-state index contributed by atoms with van der Waals surface area (Å²) in [6.45, 7) is 0. The van der Waals surface area contributed by atoms with E-state index in [-0.39, 0.29) is 0 Å². The van der Waals surface area contributed by atoms with Crippen molar-refractivity contribution in [3.05, 3.63) is 39.7 Å². The SMILES string of the molecule is Brc1cccc(Oc2cnco2)c1Br.